The molecule has 0 saturated carbocycles. The molecule has 4 rings (SSSR count). The molecule has 0 aliphatic heterocycles. The minimum atomic E-state index is -0.0627. The minimum Gasteiger partial charge on any atom is -0.344 e. The summed E-state index contributed by atoms with van der Waals surface area (Å²) in [6.07, 6.45) is 0. The number of nitrogens with one attached hydrogen (secondary N) is 1. The Morgan fingerprint density at radius 1 is 1.25 bits per heavy atom. The molecule has 0 aliphatic carbocycles. The van der Waals surface area contributed by atoms with Crippen LogP contribution in [-0.4, -0.2) is 20.0 Å². The van der Waals surface area contributed by atoms with E-state index in [0.29, 0.717) is 12.2 Å². The fraction of sp³-hybridized carbons (Fsp3) is 0.222. The van der Waals surface area contributed by atoms with Gasteiger partial charge in [0.25, 0.3) is 5.91 Å². The van der Waals surface area contributed by atoms with Crippen LogP contribution in [-0.2, 0) is 20.1 Å². The van der Waals surface area contributed by atoms with Crippen molar-refractivity contribution in [2.24, 2.45) is 7.05 Å². The van der Waals surface area contributed by atoms with Crippen molar-refractivity contribution in [2.45, 2.75) is 20.0 Å². The van der Waals surface area contributed by atoms with Gasteiger partial charge in [0.2, 0.25) is 0 Å². The van der Waals surface area contributed by atoms with Crippen LogP contribution in [0.5, 0.6) is 0 Å². The third kappa shape index (κ3) is 2.30. The predicted octanol–water partition coefficient (Wildman–Crippen LogP) is 3.54. The number of rotatable bonds is 4. The maximum atomic E-state index is 12.6. The first kappa shape index (κ1) is 15.0. The Morgan fingerprint density at radius 3 is 2.88 bits per heavy atom. The maximum Gasteiger partial charge on any atom is 0.268 e. The highest BCUT2D eigenvalue weighted by atomic mass is 32.1. The average molecular weight is 338 g/mol. The third-order valence-corrected chi connectivity index (χ3v) is 5.21. The molecule has 1 amide bonds. The lowest BCUT2D eigenvalue weighted by Gasteiger charge is -2.08. The summed E-state index contributed by atoms with van der Waals surface area (Å²) in [5.74, 6) is 0.785. The molecule has 0 spiro atoms. The largest absolute Gasteiger partial charge is 0.344 e. The number of para-hydroxylation sites is 2. The van der Waals surface area contributed by atoms with E-state index in [2.05, 4.69) is 33.2 Å². The highest BCUT2D eigenvalue weighted by Gasteiger charge is 2.16. The van der Waals surface area contributed by atoms with E-state index in [1.54, 1.807) is 11.3 Å². The lowest BCUT2D eigenvalue weighted by Crippen LogP contribution is -2.26. The molecule has 0 saturated heterocycles. The molecule has 0 atom stereocenters. The van der Waals surface area contributed by atoms with Gasteiger partial charge in [0.05, 0.1) is 27.8 Å². The molecular weight excluding hydrogens is 320 g/mol. The number of carbonyl (C=O) groups is 1. The molecule has 0 unspecified atom stereocenters. The fourth-order valence-electron chi connectivity index (χ4n) is 3.11. The van der Waals surface area contributed by atoms with Crippen LogP contribution in [0.3, 0.4) is 0 Å². The van der Waals surface area contributed by atoms with Gasteiger partial charge in [-0.2, -0.15) is 0 Å². The predicted molar refractivity (Wildman–Crippen MR) is 97.4 cm³/mol. The van der Waals surface area contributed by atoms with Crippen molar-refractivity contribution in [3.63, 3.8) is 0 Å². The van der Waals surface area contributed by atoms with E-state index in [1.165, 1.54) is 0 Å². The molecule has 24 heavy (non-hydrogen) atoms. The van der Waals surface area contributed by atoms with Gasteiger partial charge in [0.15, 0.2) is 0 Å². The zero-order valence-corrected chi connectivity index (χ0v) is 14.4. The Bertz CT molecular complexity index is 1040. The minimum absolute atomic E-state index is 0.0627. The first-order valence-corrected chi connectivity index (χ1v) is 8.82. The first-order chi connectivity index (χ1) is 11.7. The number of fused-ring (bicyclic) bond motifs is 2. The lowest BCUT2D eigenvalue weighted by atomic mass is 10.3. The smallest absolute Gasteiger partial charge is 0.268 e. The van der Waals surface area contributed by atoms with E-state index in [9.17, 15) is 4.79 Å². The second-order valence-electron chi connectivity index (χ2n) is 5.70. The summed E-state index contributed by atoms with van der Waals surface area (Å²) in [6.45, 7) is 3.24. The van der Waals surface area contributed by atoms with Gasteiger partial charge in [-0.25, -0.2) is 4.98 Å². The first-order valence-electron chi connectivity index (χ1n) is 7.94. The molecular formula is C18H18N4OS. The zero-order chi connectivity index (χ0) is 16.7. The van der Waals surface area contributed by atoms with E-state index >= 15 is 0 Å². The van der Waals surface area contributed by atoms with Gasteiger partial charge in [-0.05, 0) is 36.6 Å². The number of aryl methyl sites for hydroxylation is 2. The van der Waals surface area contributed by atoms with Gasteiger partial charge in [0.1, 0.15) is 11.5 Å². The summed E-state index contributed by atoms with van der Waals surface area (Å²) in [7, 11) is 1.97. The number of aromatic nitrogens is 3. The molecule has 0 radical (unpaired) electrons. The fourth-order valence-corrected chi connectivity index (χ4v) is 3.93. The number of hydrogen-bond donors (Lipinski definition) is 1. The van der Waals surface area contributed by atoms with E-state index in [4.69, 9.17) is 0 Å². The Hall–Kier alpha value is -2.60. The van der Waals surface area contributed by atoms with Gasteiger partial charge in [-0.1, -0.05) is 12.1 Å². The van der Waals surface area contributed by atoms with Crippen LogP contribution >= 0.6 is 11.3 Å². The Kier molecular flexibility index (Phi) is 3.61. The summed E-state index contributed by atoms with van der Waals surface area (Å²) >= 11 is 1.66. The standard InChI is InChI=1S/C18H18N4OS/c1-3-22-14-8-9-24-16(14)10-15(22)18(23)19-11-17-20-12-6-4-5-7-13(12)21(17)2/h4-10H,3,11H2,1-2H3,(H,19,23). The van der Waals surface area contributed by atoms with Gasteiger partial charge in [-0.15, -0.1) is 11.3 Å². The van der Waals surface area contributed by atoms with Crippen molar-refractivity contribution in [3.8, 4) is 0 Å². The summed E-state index contributed by atoms with van der Waals surface area (Å²) in [5, 5.41) is 5.06. The Balaban J connectivity index is 1.59. The van der Waals surface area contributed by atoms with Gasteiger partial charge in [0, 0.05) is 13.6 Å². The van der Waals surface area contributed by atoms with Crippen molar-refractivity contribution in [1.82, 2.24) is 19.4 Å². The summed E-state index contributed by atoms with van der Waals surface area (Å²) in [6, 6.07) is 12.0. The molecule has 4 aromatic rings. The van der Waals surface area contributed by atoms with E-state index in [-0.39, 0.29) is 5.91 Å². The lowest BCUT2D eigenvalue weighted by molar-refractivity contribution is 0.0941. The van der Waals surface area contributed by atoms with Crippen LogP contribution in [0.2, 0.25) is 0 Å². The Labute approximate surface area is 143 Å². The van der Waals surface area contributed by atoms with Crippen LogP contribution < -0.4 is 5.32 Å². The van der Waals surface area contributed by atoms with Crippen molar-refractivity contribution in [2.75, 3.05) is 0 Å². The summed E-state index contributed by atoms with van der Waals surface area (Å²) in [5.41, 5.74) is 3.84. The van der Waals surface area contributed by atoms with Gasteiger partial charge >= 0.3 is 0 Å². The van der Waals surface area contributed by atoms with E-state index in [0.717, 1.165) is 33.6 Å². The Morgan fingerprint density at radius 2 is 2.08 bits per heavy atom. The van der Waals surface area contributed by atoms with Crippen LogP contribution in [0, 0.1) is 0 Å². The van der Waals surface area contributed by atoms with Gasteiger partial charge in [-0.3, -0.25) is 4.79 Å². The van der Waals surface area contributed by atoms with Crippen molar-refractivity contribution in [3.05, 3.63) is 53.3 Å². The molecule has 1 aromatic carbocycles. The SMILES string of the molecule is CCn1c(C(=O)NCc2nc3ccccc3n2C)cc2sccc21. The van der Waals surface area contributed by atoms with Crippen LogP contribution in [0.15, 0.2) is 41.8 Å². The summed E-state index contributed by atoms with van der Waals surface area (Å²) in [4.78, 5) is 17.2. The zero-order valence-electron chi connectivity index (χ0n) is 13.6. The number of imidazole rings is 1. The monoisotopic (exact) mass is 338 g/mol. The number of thiophene rings is 1. The second-order valence-corrected chi connectivity index (χ2v) is 6.65. The van der Waals surface area contributed by atoms with Crippen molar-refractivity contribution >= 4 is 38.5 Å². The van der Waals surface area contributed by atoms with Crippen LogP contribution in [0.25, 0.3) is 21.3 Å². The maximum absolute atomic E-state index is 12.6. The normalized spacial score (nSPS) is 11.4. The molecule has 6 heteroatoms. The molecule has 5 nitrogen and oxygen atoms in total. The third-order valence-electron chi connectivity index (χ3n) is 4.36. The molecule has 3 heterocycles. The quantitative estimate of drug-likeness (QED) is 0.619. The second kappa shape index (κ2) is 5.79. The molecule has 3 aromatic heterocycles. The van der Waals surface area contributed by atoms with E-state index in [1.807, 2.05) is 41.9 Å². The number of nitrogens with zero attached hydrogens (tertiary/aromatic N) is 3. The highest BCUT2D eigenvalue weighted by Crippen LogP contribution is 2.25. The number of benzene rings is 1. The van der Waals surface area contributed by atoms with E-state index < -0.39 is 0 Å². The number of carbonyl (C=O) groups excluding carboxylic acids is 1. The topological polar surface area (TPSA) is 51.9 Å². The van der Waals surface area contributed by atoms with Crippen LogP contribution in [0.1, 0.15) is 23.2 Å². The highest BCUT2D eigenvalue weighted by molar-refractivity contribution is 7.17. The number of amides is 1. The van der Waals surface area contributed by atoms with Gasteiger partial charge < -0.3 is 14.5 Å². The molecule has 0 aliphatic rings. The average Bonchev–Trinajstić information content (AvgIpc) is 3.26. The molecule has 122 valence electrons. The molecule has 0 bridgehead atoms. The molecule has 0 fully saturated rings. The van der Waals surface area contributed by atoms with Crippen molar-refractivity contribution in [1.29, 1.82) is 0 Å². The number of hydrogen-bond acceptors (Lipinski definition) is 3. The van der Waals surface area contributed by atoms with Crippen LogP contribution in [0.4, 0.5) is 0 Å². The summed E-state index contributed by atoms with van der Waals surface area (Å²) < 4.78 is 5.22. The molecule has 1 N–H and O–H groups in total. The van der Waals surface area contributed by atoms with Crippen molar-refractivity contribution < 1.29 is 4.79 Å².